The molecular formula is C20H24FN3O. The van der Waals surface area contributed by atoms with E-state index in [0.717, 1.165) is 37.2 Å². The summed E-state index contributed by atoms with van der Waals surface area (Å²) in [5.41, 5.74) is 4.01. The maximum atomic E-state index is 14.0. The average Bonchev–Trinajstić information content (AvgIpc) is 3.16. The highest BCUT2D eigenvalue weighted by molar-refractivity contribution is 5.83. The van der Waals surface area contributed by atoms with E-state index in [0.29, 0.717) is 5.56 Å². The number of likely N-dealkylation sites (tertiary alicyclic amines) is 1. The minimum Gasteiger partial charge on any atom is -0.335 e. The molecule has 0 bridgehead atoms. The number of hydrogen-bond acceptors (Lipinski definition) is 2. The number of amides is 1. The zero-order valence-electron chi connectivity index (χ0n) is 15.0. The van der Waals surface area contributed by atoms with Gasteiger partial charge in [0.1, 0.15) is 5.82 Å². The topological polar surface area (TPSA) is 38.1 Å². The molecular weight excluding hydrogens is 317 g/mol. The van der Waals surface area contributed by atoms with Crippen LogP contribution in [0.1, 0.15) is 53.7 Å². The van der Waals surface area contributed by atoms with Crippen molar-refractivity contribution in [2.75, 3.05) is 6.54 Å². The van der Waals surface area contributed by atoms with Gasteiger partial charge in [-0.3, -0.25) is 9.48 Å². The Balaban J connectivity index is 1.56. The van der Waals surface area contributed by atoms with Crippen molar-refractivity contribution in [3.05, 3.63) is 52.6 Å². The number of rotatable bonds is 3. The molecule has 1 saturated carbocycles. The second-order valence-corrected chi connectivity index (χ2v) is 7.37. The number of halogens is 1. The van der Waals surface area contributed by atoms with Gasteiger partial charge in [0.2, 0.25) is 5.91 Å². The van der Waals surface area contributed by atoms with E-state index in [1.807, 2.05) is 35.7 Å². The monoisotopic (exact) mass is 341 g/mol. The molecule has 1 aromatic heterocycles. The van der Waals surface area contributed by atoms with Gasteiger partial charge in [0, 0.05) is 30.8 Å². The summed E-state index contributed by atoms with van der Waals surface area (Å²) in [6.45, 7) is 4.87. The largest absolute Gasteiger partial charge is 0.335 e. The molecule has 1 aliphatic carbocycles. The minimum atomic E-state index is -0.195. The summed E-state index contributed by atoms with van der Waals surface area (Å²) < 4.78 is 15.9. The van der Waals surface area contributed by atoms with Crippen LogP contribution < -0.4 is 0 Å². The SMILES string of the molecule is Cc1nn(C)c(C)c1C1CCCN1C(=O)C1CC1c1ccccc1F. The lowest BCUT2D eigenvalue weighted by molar-refractivity contribution is -0.133. The first-order chi connectivity index (χ1) is 12.0. The van der Waals surface area contributed by atoms with Gasteiger partial charge < -0.3 is 4.90 Å². The Morgan fingerprint density at radius 3 is 2.72 bits per heavy atom. The highest BCUT2D eigenvalue weighted by Crippen LogP contribution is 2.51. The van der Waals surface area contributed by atoms with Crippen molar-refractivity contribution < 1.29 is 9.18 Å². The standard InChI is InChI=1S/C20H24FN3O/c1-12-19(13(2)23(3)22-12)18-9-6-10-24(18)20(25)16-11-15(16)14-7-4-5-8-17(14)21/h4-5,7-8,15-16,18H,6,9-11H2,1-3H3. The second kappa shape index (κ2) is 5.97. The van der Waals surface area contributed by atoms with Gasteiger partial charge in [-0.25, -0.2) is 4.39 Å². The van der Waals surface area contributed by atoms with Gasteiger partial charge in [0.15, 0.2) is 0 Å². The third-order valence-corrected chi connectivity index (χ3v) is 5.85. The molecule has 1 saturated heterocycles. The van der Waals surface area contributed by atoms with Crippen LogP contribution in [0.4, 0.5) is 4.39 Å². The number of nitrogens with zero attached hydrogens (tertiary/aromatic N) is 3. The van der Waals surface area contributed by atoms with Crippen LogP contribution in [0, 0.1) is 25.6 Å². The Labute approximate surface area is 147 Å². The molecule has 2 heterocycles. The molecule has 0 radical (unpaired) electrons. The summed E-state index contributed by atoms with van der Waals surface area (Å²) in [5, 5.41) is 4.51. The zero-order valence-corrected chi connectivity index (χ0v) is 15.0. The molecule has 3 atom stereocenters. The summed E-state index contributed by atoms with van der Waals surface area (Å²) in [6.07, 6.45) is 2.76. The van der Waals surface area contributed by atoms with Gasteiger partial charge in [0.25, 0.3) is 0 Å². The highest BCUT2D eigenvalue weighted by Gasteiger charge is 2.49. The number of hydrogen-bond donors (Lipinski definition) is 0. The minimum absolute atomic E-state index is 0.0334. The fourth-order valence-corrected chi connectivity index (χ4v) is 4.40. The first-order valence-corrected chi connectivity index (χ1v) is 9.04. The number of aryl methyl sites for hydroxylation is 2. The van der Waals surface area contributed by atoms with Gasteiger partial charge in [-0.05, 0) is 50.7 Å². The van der Waals surface area contributed by atoms with Crippen LogP contribution in [0.15, 0.2) is 24.3 Å². The molecule has 2 fully saturated rings. The molecule has 4 rings (SSSR count). The van der Waals surface area contributed by atoms with E-state index in [-0.39, 0.29) is 29.6 Å². The molecule has 1 aliphatic heterocycles. The summed E-state index contributed by atoms with van der Waals surface area (Å²) in [6, 6.07) is 6.95. The Morgan fingerprint density at radius 1 is 1.28 bits per heavy atom. The van der Waals surface area contributed by atoms with E-state index in [1.165, 1.54) is 11.6 Å². The van der Waals surface area contributed by atoms with Gasteiger partial charge in [-0.2, -0.15) is 5.10 Å². The fraction of sp³-hybridized carbons (Fsp3) is 0.500. The lowest BCUT2D eigenvalue weighted by Gasteiger charge is -2.25. The zero-order chi connectivity index (χ0) is 17.7. The van der Waals surface area contributed by atoms with Crippen LogP contribution in [0.3, 0.4) is 0 Å². The van der Waals surface area contributed by atoms with Crippen molar-refractivity contribution in [3.8, 4) is 0 Å². The van der Waals surface area contributed by atoms with Crippen LogP contribution in [-0.4, -0.2) is 27.1 Å². The van der Waals surface area contributed by atoms with E-state index >= 15 is 0 Å². The number of benzene rings is 1. The van der Waals surface area contributed by atoms with Crippen LogP contribution >= 0.6 is 0 Å². The molecule has 25 heavy (non-hydrogen) atoms. The normalized spacial score (nSPS) is 25.4. The predicted octanol–water partition coefficient (Wildman–Crippen LogP) is 3.64. The van der Waals surface area contributed by atoms with Crippen molar-refractivity contribution in [2.45, 2.75) is 45.1 Å². The predicted molar refractivity (Wildman–Crippen MR) is 93.6 cm³/mol. The lowest BCUT2D eigenvalue weighted by atomic mass is 10.0. The first-order valence-electron chi connectivity index (χ1n) is 9.04. The van der Waals surface area contributed by atoms with Gasteiger partial charge in [0.05, 0.1) is 11.7 Å². The smallest absolute Gasteiger partial charge is 0.226 e. The quantitative estimate of drug-likeness (QED) is 0.855. The van der Waals surface area contributed by atoms with Crippen molar-refractivity contribution in [2.24, 2.45) is 13.0 Å². The Morgan fingerprint density at radius 2 is 2.04 bits per heavy atom. The highest BCUT2D eigenvalue weighted by atomic mass is 19.1. The van der Waals surface area contributed by atoms with Crippen molar-refractivity contribution in [3.63, 3.8) is 0 Å². The summed E-state index contributed by atoms with van der Waals surface area (Å²) >= 11 is 0. The van der Waals surface area contributed by atoms with Crippen LogP contribution in [-0.2, 0) is 11.8 Å². The van der Waals surface area contributed by atoms with E-state index in [9.17, 15) is 9.18 Å². The lowest BCUT2D eigenvalue weighted by Crippen LogP contribution is -2.32. The molecule has 2 aliphatic rings. The van der Waals surface area contributed by atoms with E-state index in [2.05, 4.69) is 12.0 Å². The van der Waals surface area contributed by atoms with E-state index < -0.39 is 0 Å². The molecule has 132 valence electrons. The molecule has 1 amide bonds. The molecule has 3 unspecified atom stereocenters. The van der Waals surface area contributed by atoms with Gasteiger partial charge in [-0.15, -0.1) is 0 Å². The van der Waals surface area contributed by atoms with E-state index in [4.69, 9.17) is 0 Å². The molecule has 0 spiro atoms. The van der Waals surface area contributed by atoms with Gasteiger partial charge >= 0.3 is 0 Å². The molecule has 0 N–H and O–H groups in total. The van der Waals surface area contributed by atoms with Crippen molar-refractivity contribution >= 4 is 5.91 Å². The third kappa shape index (κ3) is 2.66. The number of carbonyl (C=O) groups excluding carboxylic acids is 1. The summed E-state index contributed by atoms with van der Waals surface area (Å²) in [5.74, 6) is -0.0565. The maximum Gasteiger partial charge on any atom is 0.226 e. The summed E-state index contributed by atoms with van der Waals surface area (Å²) in [7, 11) is 1.95. The Bertz CT molecular complexity index is 828. The first kappa shape index (κ1) is 16.3. The van der Waals surface area contributed by atoms with Crippen molar-refractivity contribution in [1.82, 2.24) is 14.7 Å². The second-order valence-electron chi connectivity index (χ2n) is 7.37. The van der Waals surface area contributed by atoms with Crippen LogP contribution in [0.2, 0.25) is 0 Å². The Kier molecular flexibility index (Phi) is 3.89. The van der Waals surface area contributed by atoms with Crippen molar-refractivity contribution in [1.29, 1.82) is 0 Å². The fourth-order valence-electron chi connectivity index (χ4n) is 4.40. The third-order valence-electron chi connectivity index (χ3n) is 5.85. The molecule has 5 heteroatoms. The molecule has 2 aromatic rings. The molecule has 1 aromatic carbocycles. The Hall–Kier alpha value is -2.17. The average molecular weight is 341 g/mol. The van der Waals surface area contributed by atoms with Crippen LogP contribution in [0.5, 0.6) is 0 Å². The maximum absolute atomic E-state index is 14.0. The van der Waals surface area contributed by atoms with E-state index in [1.54, 1.807) is 6.07 Å². The van der Waals surface area contributed by atoms with Gasteiger partial charge in [-0.1, -0.05) is 18.2 Å². The number of aromatic nitrogens is 2. The van der Waals surface area contributed by atoms with Crippen LogP contribution in [0.25, 0.3) is 0 Å². The molecule has 4 nitrogen and oxygen atoms in total. The number of carbonyl (C=O) groups is 1. The summed E-state index contributed by atoms with van der Waals surface area (Å²) in [4.78, 5) is 15.1.